The number of ether oxygens (including phenoxy) is 1. The number of aryl methyl sites for hydroxylation is 1. The third-order valence-electron chi connectivity index (χ3n) is 3.94. The second kappa shape index (κ2) is 7.46. The first-order valence-corrected chi connectivity index (χ1v) is 7.90. The molecule has 0 saturated heterocycles. The van der Waals surface area contributed by atoms with E-state index in [0.29, 0.717) is 6.61 Å². The van der Waals surface area contributed by atoms with Gasteiger partial charge in [-0.1, -0.05) is 19.4 Å². The molecule has 1 saturated carbocycles. The van der Waals surface area contributed by atoms with Gasteiger partial charge in [0, 0.05) is 12.0 Å². The minimum atomic E-state index is 0.0223. The molecule has 2 unspecified atom stereocenters. The van der Waals surface area contributed by atoms with E-state index in [9.17, 15) is 4.79 Å². The maximum absolute atomic E-state index is 12.4. The number of anilines is 1. The van der Waals surface area contributed by atoms with Crippen molar-refractivity contribution in [1.29, 1.82) is 0 Å². The Morgan fingerprint density at radius 1 is 1.43 bits per heavy atom. The maximum atomic E-state index is 12.4. The second-order valence-electron chi connectivity index (χ2n) is 5.96. The zero-order valence-electron chi connectivity index (χ0n) is 13.0. The van der Waals surface area contributed by atoms with Crippen LogP contribution in [0.25, 0.3) is 0 Å². The SMILES string of the molecule is CCCOc1cc(C)ccc1NC(=O)C1CCCC(N)C1. The van der Waals surface area contributed by atoms with Crippen molar-refractivity contribution in [2.45, 2.75) is 52.0 Å². The van der Waals surface area contributed by atoms with Gasteiger partial charge in [-0.3, -0.25) is 4.79 Å². The molecule has 116 valence electrons. The molecule has 1 aromatic rings. The summed E-state index contributed by atoms with van der Waals surface area (Å²) in [7, 11) is 0. The van der Waals surface area contributed by atoms with Crippen LogP contribution in [0, 0.1) is 12.8 Å². The summed E-state index contributed by atoms with van der Waals surface area (Å²) in [5.74, 6) is 0.842. The lowest BCUT2D eigenvalue weighted by molar-refractivity contribution is -0.120. The minimum Gasteiger partial charge on any atom is -0.491 e. The molecule has 2 rings (SSSR count). The van der Waals surface area contributed by atoms with E-state index in [2.05, 4.69) is 12.2 Å². The topological polar surface area (TPSA) is 64.3 Å². The van der Waals surface area contributed by atoms with Gasteiger partial charge in [0.25, 0.3) is 0 Å². The molecule has 0 bridgehead atoms. The quantitative estimate of drug-likeness (QED) is 0.875. The number of amides is 1. The number of nitrogens with one attached hydrogen (secondary N) is 1. The molecule has 0 spiro atoms. The first kappa shape index (κ1) is 15.8. The van der Waals surface area contributed by atoms with Gasteiger partial charge in [0.1, 0.15) is 5.75 Å². The summed E-state index contributed by atoms with van der Waals surface area (Å²) in [6, 6.07) is 6.03. The molecule has 0 aliphatic heterocycles. The second-order valence-corrected chi connectivity index (χ2v) is 5.96. The van der Waals surface area contributed by atoms with Crippen LogP contribution in [0.3, 0.4) is 0 Å². The summed E-state index contributed by atoms with van der Waals surface area (Å²) in [5.41, 5.74) is 7.85. The van der Waals surface area contributed by atoms with Crippen LogP contribution in [-0.4, -0.2) is 18.6 Å². The third kappa shape index (κ3) is 4.46. The molecule has 1 aromatic carbocycles. The van der Waals surface area contributed by atoms with Crippen molar-refractivity contribution in [2.75, 3.05) is 11.9 Å². The van der Waals surface area contributed by atoms with E-state index in [1.165, 1.54) is 0 Å². The van der Waals surface area contributed by atoms with Crippen molar-refractivity contribution in [2.24, 2.45) is 11.7 Å². The molecule has 4 heteroatoms. The van der Waals surface area contributed by atoms with Crippen molar-refractivity contribution in [3.63, 3.8) is 0 Å². The van der Waals surface area contributed by atoms with Crippen LogP contribution in [0.2, 0.25) is 0 Å². The minimum absolute atomic E-state index is 0.0223. The first-order valence-electron chi connectivity index (χ1n) is 7.90. The molecule has 0 radical (unpaired) electrons. The smallest absolute Gasteiger partial charge is 0.227 e. The Bertz CT molecular complexity index is 488. The zero-order valence-corrected chi connectivity index (χ0v) is 13.0. The average Bonchev–Trinajstić information content (AvgIpc) is 2.47. The van der Waals surface area contributed by atoms with Crippen LogP contribution in [0.5, 0.6) is 5.75 Å². The number of hydrogen-bond donors (Lipinski definition) is 2. The molecule has 1 fully saturated rings. The lowest BCUT2D eigenvalue weighted by Crippen LogP contribution is -2.34. The van der Waals surface area contributed by atoms with Crippen LogP contribution in [-0.2, 0) is 4.79 Å². The number of rotatable bonds is 5. The lowest BCUT2D eigenvalue weighted by Gasteiger charge is -2.26. The molecule has 1 aliphatic rings. The Balaban J connectivity index is 2.05. The fraction of sp³-hybridized carbons (Fsp3) is 0.588. The first-order chi connectivity index (χ1) is 10.1. The van der Waals surface area contributed by atoms with Gasteiger partial charge < -0.3 is 15.8 Å². The largest absolute Gasteiger partial charge is 0.491 e. The predicted molar refractivity (Wildman–Crippen MR) is 85.5 cm³/mol. The standard InChI is InChI=1S/C17H26N2O2/c1-3-9-21-16-10-12(2)7-8-15(16)19-17(20)13-5-4-6-14(18)11-13/h7-8,10,13-14H,3-6,9,11,18H2,1-2H3,(H,19,20). The Morgan fingerprint density at radius 2 is 2.24 bits per heavy atom. The van der Waals surface area contributed by atoms with Crippen LogP contribution >= 0.6 is 0 Å². The van der Waals surface area contributed by atoms with E-state index in [0.717, 1.165) is 49.1 Å². The molecule has 2 atom stereocenters. The van der Waals surface area contributed by atoms with E-state index in [-0.39, 0.29) is 17.9 Å². The predicted octanol–water partition coefficient (Wildman–Crippen LogP) is 3.24. The van der Waals surface area contributed by atoms with Gasteiger partial charge in [0.2, 0.25) is 5.91 Å². The molecule has 0 heterocycles. The van der Waals surface area contributed by atoms with Gasteiger partial charge in [0.15, 0.2) is 0 Å². The van der Waals surface area contributed by atoms with Crippen molar-refractivity contribution in [3.8, 4) is 5.75 Å². The summed E-state index contributed by atoms with van der Waals surface area (Å²) in [5, 5.41) is 3.02. The highest BCUT2D eigenvalue weighted by Gasteiger charge is 2.25. The van der Waals surface area contributed by atoms with Crippen LogP contribution in [0.15, 0.2) is 18.2 Å². The van der Waals surface area contributed by atoms with Crippen molar-refractivity contribution < 1.29 is 9.53 Å². The molecule has 1 aliphatic carbocycles. The summed E-state index contributed by atoms with van der Waals surface area (Å²) in [4.78, 5) is 12.4. The van der Waals surface area contributed by atoms with Gasteiger partial charge >= 0.3 is 0 Å². The Hall–Kier alpha value is -1.55. The summed E-state index contributed by atoms with van der Waals surface area (Å²) >= 11 is 0. The van der Waals surface area contributed by atoms with Crippen molar-refractivity contribution in [1.82, 2.24) is 0 Å². The molecule has 0 aromatic heterocycles. The highest BCUT2D eigenvalue weighted by Crippen LogP contribution is 2.29. The van der Waals surface area contributed by atoms with E-state index < -0.39 is 0 Å². The van der Waals surface area contributed by atoms with E-state index in [1.54, 1.807) is 0 Å². The Morgan fingerprint density at radius 3 is 2.95 bits per heavy atom. The maximum Gasteiger partial charge on any atom is 0.227 e. The molecule has 21 heavy (non-hydrogen) atoms. The van der Waals surface area contributed by atoms with Crippen LogP contribution in [0.4, 0.5) is 5.69 Å². The van der Waals surface area contributed by atoms with Gasteiger partial charge in [-0.25, -0.2) is 0 Å². The highest BCUT2D eigenvalue weighted by molar-refractivity contribution is 5.94. The molecule has 1 amide bonds. The van der Waals surface area contributed by atoms with Crippen LogP contribution in [0.1, 0.15) is 44.6 Å². The van der Waals surface area contributed by atoms with Crippen molar-refractivity contribution >= 4 is 11.6 Å². The van der Waals surface area contributed by atoms with E-state index >= 15 is 0 Å². The fourth-order valence-electron chi connectivity index (χ4n) is 2.76. The zero-order chi connectivity index (χ0) is 15.2. The normalized spacial score (nSPS) is 21.9. The fourth-order valence-corrected chi connectivity index (χ4v) is 2.76. The number of nitrogens with two attached hydrogens (primary N) is 1. The number of hydrogen-bond acceptors (Lipinski definition) is 3. The monoisotopic (exact) mass is 290 g/mol. The average molecular weight is 290 g/mol. The summed E-state index contributed by atoms with van der Waals surface area (Å²) in [6.07, 6.45) is 4.71. The van der Waals surface area contributed by atoms with Crippen molar-refractivity contribution in [3.05, 3.63) is 23.8 Å². The summed E-state index contributed by atoms with van der Waals surface area (Å²) < 4.78 is 5.74. The van der Waals surface area contributed by atoms with Gasteiger partial charge in [0.05, 0.1) is 12.3 Å². The highest BCUT2D eigenvalue weighted by atomic mass is 16.5. The van der Waals surface area contributed by atoms with Gasteiger partial charge in [-0.15, -0.1) is 0 Å². The number of carbonyl (C=O) groups is 1. The molecule has 4 nitrogen and oxygen atoms in total. The van der Waals surface area contributed by atoms with Crippen LogP contribution < -0.4 is 15.8 Å². The van der Waals surface area contributed by atoms with E-state index in [1.807, 2.05) is 25.1 Å². The third-order valence-corrected chi connectivity index (χ3v) is 3.94. The van der Waals surface area contributed by atoms with Gasteiger partial charge in [-0.05, 0) is 50.3 Å². The molecular formula is C17H26N2O2. The molecular weight excluding hydrogens is 264 g/mol. The Kier molecular flexibility index (Phi) is 5.62. The lowest BCUT2D eigenvalue weighted by atomic mass is 9.85. The molecule has 3 N–H and O–H groups in total. The summed E-state index contributed by atoms with van der Waals surface area (Å²) in [6.45, 7) is 4.74. The number of benzene rings is 1. The van der Waals surface area contributed by atoms with E-state index in [4.69, 9.17) is 10.5 Å². The Labute approximate surface area is 127 Å². The van der Waals surface area contributed by atoms with Gasteiger partial charge in [-0.2, -0.15) is 0 Å². The number of carbonyl (C=O) groups excluding carboxylic acids is 1.